The van der Waals surface area contributed by atoms with Crippen molar-refractivity contribution in [3.63, 3.8) is 0 Å². The van der Waals surface area contributed by atoms with Crippen molar-refractivity contribution in [2.45, 2.75) is 64.2 Å². The van der Waals surface area contributed by atoms with Crippen LogP contribution < -0.4 is 4.74 Å². The van der Waals surface area contributed by atoms with E-state index in [1.54, 1.807) is 12.1 Å². The summed E-state index contributed by atoms with van der Waals surface area (Å²) in [7, 11) is 0. The Morgan fingerprint density at radius 1 is 1.00 bits per heavy atom. The Kier molecular flexibility index (Phi) is 9.48. The predicted octanol–water partition coefficient (Wildman–Crippen LogP) is 6.08. The quantitative estimate of drug-likeness (QED) is 0.355. The van der Waals surface area contributed by atoms with Crippen LogP contribution in [-0.2, 0) is 5.88 Å². The SMILES string of the molecule is CCCCCCCCCCOc1c(F)cccc1CCl. The first kappa shape index (κ1) is 17.3. The standard InChI is InChI=1S/C17H26ClFO/c1-2-3-4-5-6-7-8-9-13-20-17-15(14-18)11-10-12-16(17)19/h10-12H,2-9,13-14H2,1H3. The molecule has 1 aromatic rings. The number of benzene rings is 1. The van der Waals surface area contributed by atoms with Crippen LogP contribution in [0.15, 0.2) is 18.2 Å². The minimum Gasteiger partial charge on any atom is -0.490 e. The maximum atomic E-state index is 13.6. The molecule has 3 heteroatoms. The molecule has 0 saturated heterocycles. The molecule has 1 nitrogen and oxygen atoms in total. The molecule has 1 aromatic carbocycles. The minimum atomic E-state index is -0.317. The topological polar surface area (TPSA) is 9.23 Å². The third-order valence-electron chi connectivity index (χ3n) is 3.44. The van der Waals surface area contributed by atoms with Crippen molar-refractivity contribution in [1.29, 1.82) is 0 Å². The van der Waals surface area contributed by atoms with Gasteiger partial charge >= 0.3 is 0 Å². The first-order chi connectivity index (χ1) is 9.79. The molecule has 0 radical (unpaired) electrons. The van der Waals surface area contributed by atoms with E-state index in [2.05, 4.69) is 6.92 Å². The fraction of sp³-hybridized carbons (Fsp3) is 0.647. The fourth-order valence-electron chi connectivity index (χ4n) is 2.23. The van der Waals surface area contributed by atoms with Crippen LogP contribution in [-0.4, -0.2) is 6.61 Å². The van der Waals surface area contributed by atoms with Gasteiger partial charge in [0.1, 0.15) is 0 Å². The monoisotopic (exact) mass is 300 g/mol. The maximum Gasteiger partial charge on any atom is 0.165 e. The Morgan fingerprint density at radius 2 is 1.65 bits per heavy atom. The lowest BCUT2D eigenvalue weighted by Crippen LogP contribution is -2.02. The van der Waals surface area contributed by atoms with Gasteiger partial charge in [-0.15, -0.1) is 11.6 Å². The largest absolute Gasteiger partial charge is 0.490 e. The Morgan fingerprint density at radius 3 is 2.30 bits per heavy atom. The highest BCUT2D eigenvalue weighted by Gasteiger charge is 2.08. The molecule has 0 spiro atoms. The summed E-state index contributed by atoms with van der Waals surface area (Å²) in [6.07, 6.45) is 9.98. The zero-order valence-corrected chi connectivity index (χ0v) is 13.2. The lowest BCUT2D eigenvalue weighted by atomic mass is 10.1. The van der Waals surface area contributed by atoms with Gasteiger partial charge < -0.3 is 4.74 Å². The number of alkyl halides is 1. The normalized spacial score (nSPS) is 10.8. The zero-order valence-electron chi connectivity index (χ0n) is 12.5. The number of hydrogen-bond donors (Lipinski definition) is 0. The molecule has 0 bridgehead atoms. The van der Waals surface area contributed by atoms with E-state index in [-0.39, 0.29) is 11.7 Å². The minimum absolute atomic E-state index is 0.282. The van der Waals surface area contributed by atoms with Crippen LogP contribution in [0.5, 0.6) is 5.75 Å². The van der Waals surface area contributed by atoms with Gasteiger partial charge in [0.15, 0.2) is 11.6 Å². The van der Waals surface area contributed by atoms with Gasteiger partial charge in [-0.25, -0.2) is 4.39 Å². The average Bonchev–Trinajstić information content (AvgIpc) is 2.46. The third kappa shape index (κ3) is 6.60. The molecule has 0 N–H and O–H groups in total. The van der Waals surface area contributed by atoms with Crippen molar-refractivity contribution in [2.24, 2.45) is 0 Å². The van der Waals surface area contributed by atoms with Crippen molar-refractivity contribution >= 4 is 11.6 Å². The summed E-state index contributed by atoms with van der Waals surface area (Å²) < 4.78 is 19.1. The zero-order chi connectivity index (χ0) is 14.6. The Bertz CT molecular complexity index is 368. The summed E-state index contributed by atoms with van der Waals surface area (Å²) in [4.78, 5) is 0. The Hall–Kier alpha value is -0.760. The van der Waals surface area contributed by atoms with Gasteiger partial charge in [-0.3, -0.25) is 0 Å². The van der Waals surface area contributed by atoms with E-state index in [4.69, 9.17) is 16.3 Å². The molecular formula is C17H26ClFO. The van der Waals surface area contributed by atoms with Crippen LogP contribution in [0, 0.1) is 5.82 Å². The van der Waals surface area contributed by atoms with Crippen LogP contribution in [0.25, 0.3) is 0 Å². The van der Waals surface area contributed by atoms with Gasteiger partial charge in [-0.1, -0.05) is 64.0 Å². The van der Waals surface area contributed by atoms with Gasteiger partial charge in [0.25, 0.3) is 0 Å². The number of hydrogen-bond acceptors (Lipinski definition) is 1. The molecule has 0 aliphatic rings. The molecule has 0 aromatic heterocycles. The van der Waals surface area contributed by atoms with Gasteiger partial charge in [0.05, 0.1) is 12.5 Å². The molecule has 20 heavy (non-hydrogen) atoms. The second-order valence-electron chi connectivity index (χ2n) is 5.19. The smallest absolute Gasteiger partial charge is 0.165 e. The second-order valence-corrected chi connectivity index (χ2v) is 5.45. The number of rotatable bonds is 11. The molecule has 0 heterocycles. The Balaban J connectivity index is 2.12. The molecule has 0 amide bonds. The number of halogens is 2. The number of unbranched alkanes of at least 4 members (excludes halogenated alkanes) is 7. The lowest BCUT2D eigenvalue weighted by Gasteiger charge is -2.10. The van der Waals surface area contributed by atoms with E-state index in [0.29, 0.717) is 12.4 Å². The highest BCUT2D eigenvalue weighted by Crippen LogP contribution is 2.24. The summed E-state index contributed by atoms with van der Waals surface area (Å²) in [6.45, 7) is 2.80. The van der Waals surface area contributed by atoms with E-state index < -0.39 is 0 Å². The van der Waals surface area contributed by atoms with Gasteiger partial charge in [-0.05, 0) is 12.5 Å². The third-order valence-corrected chi connectivity index (χ3v) is 3.72. The first-order valence-electron chi connectivity index (χ1n) is 7.75. The molecular weight excluding hydrogens is 275 g/mol. The summed E-state index contributed by atoms with van der Waals surface area (Å²) >= 11 is 5.78. The fourth-order valence-corrected chi connectivity index (χ4v) is 2.44. The molecule has 114 valence electrons. The molecule has 0 aliphatic heterocycles. The van der Waals surface area contributed by atoms with Crippen LogP contribution >= 0.6 is 11.6 Å². The summed E-state index contributed by atoms with van der Waals surface area (Å²) in [5, 5.41) is 0. The summed E-state index contributed by atoms with van der Waals surface area (Å²) in [6, 6.07) is 4.88. The average molecular weight is 301 g/mol. The van der Waals surface area contributed by atoms with Crippen LogP contribution in [0.2, 0.25) is 0 Å². The highest BCUT2D eigenvalue weighted by molar-refractivity contribution is 6.17. The highest BCUT2D eigenvalue weighted by atomic mass is 35.5. The summed E-state index contributed by atoms with van der Waals surface area (Å²) in [5.74, 6) is 0.290. The number of ether oxygens (including phenoxy) is 1. The molecule has 0 saturated carbocycles. The molecule has 0 fully saturated rings. The van der Waals surface area contributed by atoms with Crippen LogP contribution in [0.4, 0.5) is 4.39 Å². The second kappa shape index (κ2) is 11.0. The molecule has 0 atom stereocenters. The molecule has 0 unspecified atom stereocenters. The number of para-hydroxylation sites is 1. The van der Waals surface area contributed by atoms with E-state index >= 15 is 0 Å². The molecule has 1 rings (SSSR count). The van der Waals surface area contributed by atoms with Crippen LogP contribution in [0.1, 0.15) is 63.9 Å². The van der Waals surface area contributed by atoms with E-state index in [0.717, 1.165) is 18.4 Å². The first-order valence-corrected chi connectivity index (χ1v) is 8.29. The van der Waals surface area contributed by atoms with Crippen molar-refractivity contribution in [1.82, 2.24) is 0 Å². The van der Waals surface area contributed by atoms with Crippen LogP contribution in [0.3, 0.4) is 0 Å². The van der Waals surface area contributed by atoms with E-state index in [1.165, 1.54) is 44.6 Å². The van der Waals surface area contributed by atoms with Gasteiger partial charge in [0, 0.05) is 5.56 Å². The van der Waals surface area contributed by atoms with Crippen molar-refractivity contribution in [3.05, 3.63) is 29.6 Å². The summed E-state index contributed by atoms with van der Waals surface area (Å²) in [5.41, 5.74) is 0.728. The van der Waals surface area contributed by atoms with Gasteiger partial charge in [-0.2, -0.15) is 0 Å². The van der Waals surface area contributed by atoms with Crippen molar-refractivity contribution < 1.29 is 9.13 Å². The van der Waals surface area contributed by atoms with Crippen molar-refractivity contribution in [2.75, 3.05) is 6.61 Å². The predicted molar refractivity (Wildman–Crippen MR) is 84.1 cm³/mol. The van der Waals surface area contributed by atoms with E-state index in [9.17, 15) is 4.39 Å². The molecule has 0 aliphatic carbocycles. The lowest BCUT2D eigenvalue weighted by molar-refractivity contribution is 0.287. The van der Waals surface area contributed by atoms with E-state index in [1.807, 2.05) is 0 Å². The van der Waals surface area contributed by atoms with Gasteiger partial charge in [0.2, 0.25) is 0 Å². The maximum absolute atomic E-state index is 13.6. The Labute approximate surface area is 127 Å². The van der Waals surface area contributed by atoms with Crippen molar-refractivity contribution in [3.8, 4) is 5.75 Å².